The van der Waals surface area contributed by atoms with E-state index < -0.39 is 17.6 Å². The van der Waals surface area contributed by atoms with E-state index in [0.717, 1.165) is 6.07 Å². The molecule has 0 bridgehead atoms. The van der Waals surface area contributed by atoms with Crippen molar-refractivity contribution in [3.63, 3.8) is 0 Å². The molecular formula is C13H11BrF3N3O. The lowest BCUT2D eigenvalue weighted by Crippen LogP contribution is -2.27. The molecule has 0 fully saturated rings. The number of benzene rings is 1. The summed E-state index contributed by atoms with van der Waals surface area (Å²) in [7, 11) is 0. The second-order valence-corrected chi connectivity index (χ2v) is 5.07. The number of halogens is 4. The maximum atomic E-state index is 12.8. The van der Waals surface area contributed by atoms with E-state index in [1.54, 1.807) is 23.1 Å². The zero-order valence-corrected chi connectivity index (χ0v) is 12.3. The highest BCUT2D eigenvalue weighted by Gasteiger charge is 2.33. The van der Waals surface area contributed by atoms with Gasteiger partial charge in [-0.15, -0.1) is 0 Å². The Morgan fingerprint density at radius 2 is 2.14 bits per heavy atom. The summed E-state index contributed by atoms with van der Waals surface area (Å²) >= 11 is 2.83. The van der Waals surface area contributed by atoms with Crippen molar-refractivity contribution >= 4 is 21.8 Å². The maximum Gasteiger partial charge on any atom is 0.417 e. The summed E-state index contributed by atoms with van der Waals surface area (Å²) in [5.74, 6) is -0.555. The van der Waals surface area contributed by atoms with Gasteiger partial charge in [0.2, 0.25) is 0 Å². The van der Waals surface area contributed by atoms with E-state index in [0.29, 0.717) is 6.54 Å². The van der Waals surface area contributed by atoms with Crippen LogP contribution in [0.2, 0.25) is 0 Å². The first-order chi connectivity index (χ1) is 9.88. The second-order valence-electron chi connectivity index (χ2n) is 4.22. The van der Waals surface area contributed by atoms with Gasteiger partial charge in [0, 0.05) is 29.0 Å². The normalized spacial score (nSPS) is 11.4. The van der Waals surface area contributed by atoms with Crippen molar-refractivity contribution in [2.45, 2.75) is 12.7 Å². The van der Waals surface area contributed by atoms with Crippen LogP contribution in [0.25, 0.3) is 0 Å². The Hall–Kier alpha value is -1.83. The average molecular weight is 362 g/mol. The number of rotatable bonds is 4. The Morgan fingerprint density at radius 1 is 1.38 bits per heavy atom. The number of hydrogen-bond donors (Lipinski definition) is 1. The second kappa shape index (κ2) is 6.30. The molecule has 1 aromatic heterocycles. The van der Waals surface area contributed by atoms with E-state index in [9.17, 15) is 18.0 Å². The fourth-order valence-electron chi connectivity index (χ4n) is 1.70. The van der Waals surface area contributed by atoms with Gasteiger partial charge in [-0.1, -0.05) is 15.9 Å². The van der Waals surface area contributed by atoms with Crippen molar-refractivity contribution in [1.29, 1.82) is 0 Å². The van der Waals surface area contributed by atoms with Crippen molar-refractivity contribution < 1.29 is 18.0 Å². The first kappa shape index (κ1) is 15.6. The van der Waals surface area contributed by atoms with Gasteiger partial charge in [0.1, 0.15) is 0 Å². The Bertz CT molecular complexity index is 626. The van der Waals surface area contributed by atoms with Gasteiger partial charge < -0.3 is 5.32 Å². The summed E-state index contributed by atoms with van der Waals surface area (Å²) in [6.45, 7) is 0.722. The number of nitrogens with zero attached hydrogens (tertiary/aromatic N) is 2. The Balaban J connectivity index is 2.02. The molecule has 0 unspecified atom stereocenters. The van der Waals surface area contributed by atoms with Gasteiger partial charge in [-0.2, -0.15) is 18.3 Å². The molecule has 0 aliphatic rings. The molecule has 0 radical (unpaired) electrons. The van der Waals surface area contributed by atoms with Crippen molar-refractivity contribution in [2.75, 3.05) is 6.54 Å². The molecule has 112 valence electrons. The zero-order valence-electron chi connectivity index (χ0n) is 10.7. The Labute approximate surface area is 127 Å². The molecule has 1 amide bonds. The quantitative estimate of drug-likeness (QED) is 0.909. The molecule has 1 aromatic carbocycles. The van der Waals surface area contributed by atoms with Crippen molar-refractivity contribution in [3.8, 4) is 0 Å². The number of nitrogens with one attached hydrogen (secondary N) is 1. The number of alkyl halides is 3. The Kier molecular flexibility index (Phi) is 4.66. The van der Waals surface area contributed by atoms with Crippen LogP contribution in [-0.2, 0) is 12.7 Å². The highest BCUT2D eigenvalue weighted by atomic mass is 79.9. The topological polar surface area (TPSA) is 46.9 Å². The van der Waals surface area contributed by atoms with Crippen molar-refractivity contribution in [1.82, 2.24) is 15.1 Å². The lowest BCUT2D eigenvalue weighted by Gasteiger charge is -2.11. The van der Waals surface area contributed by atoms with E-state index >= 15 is 0 Å². The third-order valence-electron chi connectivity index (χ3n) is 2.72. The number of carbonyl (C=O) groups excluding carboxylic acids is 1. The molecule has 0 aliphatic carbocycles. The molecule has 0 saturated carbocycles. The summed E-state index contributed by atoms with van der Waals surface area (Å²) in [5, 5.41) is 6.51. The maximum absolute atomic E-state index is 12.8. The largest absolute Gasteiger partial charge is 0.417 e. The first-order valence-corrected chi connectivity index (χ1v) is 6.79. The summed E-state index contributed by atoms with van der Waals surface area (Å²) in [4.78, 5) is 11.8. The van der Waals surface area contributed by atoms with Gasteiger partial charge in [0.25, 0.3) is 5.91 Å². The van der Waals surface area contributed by atoms with Gasteiger partial charge in [-0.05, 0) is 24.3 Å². The molecule has 0 aliphatic heterocycles. The van der Waals surface area contributed by atoms with Crippen molar-refractivity contribution in [2.24, 2.45) is 0 Å². The molecule has 21 heavy (non-hydrogen) atoms. The molecule has 2 rings (SSSR count). The lowest BCUT2D eigenvalue weighted by molar-refractivity contribution is -0.138. The van der Waals surface area contributed by atoms with Crippen LogP contribution in [0.4, 0.5) is 13.2 Å². The van der Waals surface area contributed by atoms with Crippen LogP contribution in [0, 0.1) is 0 Å². The van der Waals surface area contributed by atoms with E-state index in [1.807, 2.05) is 0 Å². The highest BCUT2D eigenvalue weighted by molar-refractivity contribution is 9.10. The number of amides is 1. The first-order valence-electron chi connectivity index (χ1n) is 6.00. The average Bonchev–Trinajstić information content (AvgIpc) is 2.91. The van der Waals surface area contributed by atoms with E-state index in [-0.39, 0.29) is 16.6 Å². The Morgan fingerprint density at radius 3 is 2.76 bits per heavy atom. The van der Waals surface area contributed by atoms with Crippen LogP contribution in [0.3, 0.4) is 0 Å². The van der Waals surface area contributed by atoms with Crippen LogP contribution >= 0.6 is 15.9 Å². The van der Waals surface area contributed by atoms with Crippen molar-refractivity contribution in [3.05, 3.63) is 52.3 Å². The van der Waals surface area contributed by atoms with Crippen LogP contribution in [-0.4, -0.2) is 22.2 Å². The number of hydrogen-bond acceptors (Lipinski definition) is 2. The van der Waals surface area contributed by atoms with Gasteiger partial charge in [-0.3, -0.25) is 9.48 Å². The summed E-state index contributed by atoms with van der Waals surface area (Å²) in [6, 6.07) is 5.12. The van der Waals surface area contributed by atoms with Crippen LogP contribution in [0.1, 0.15) is 15.9 Å². The minimum atomic E-state index is -4.51. The van der Waals surface area contributed by atoms with Gasteiger partial charge >= 0.3 is 6.18 Å². The molecule has 0 saturated heterocycles. The molecular weight excluding hydrogens is 351 g/mol. The minimum Gasteiger partial charge on any atom is -0.350 e. The fraction of sp³-hybridized carbons (Fsp3) is 0.231. The molecule has 0 atom stereocenters. The van der Waals surface area contributed by atoms with E-state index in [4.69, 9.17) is 0 Å². The van der Waals surface area contributed by atoms with Gasteiger partial charge in [-0.25, -0.2) is 0 Å². The number of carbonyl (C=O) groups is 1. The van der Waals surface area contributed by atoms with E-state index in [2.05, 4.69) is 26.3 Å². The predicted octanol–water partition coefficient (Wildman–Crippen LogP) is 3.09. The molecule has 1 heterocycles. The lowest BCUT2D eigenvalue weighted by atomic mass is 10.1. The monoisotopic (exact) mass is 361 g/mol. The molecule has 8 heteroatoms. The number of aromatic nitrogens is 2. The third-order valence-corrected chi connectivity index (χ3v) is 3.41. The SMILES string of the molecule is O=C(NCCn1cccn1)c1ccc(Br)c(C(F)(F)F)c1. The van der Waals surface area contributed by atoms with Crippen LogP contribution < -0.4 is 5.32 Å². The van der Waals surface area contributed by atoms with E-state index in [1.165, 1.54) is 12.1 Å². The van der Waals surface area contributed by atoms with Gasteiger partial charge in [0.15, 0.2) is 0 Å². The standard InChI is InChI=1S/C13H11BrF3N3O/c14-11-3-2-9(8-10(11)13(15,16)17)12(21)18-5-7-20-6-1-4-19-20/h1-4,6,8H,5,7H2,(H,18,21). The molecule has 0 spiro atoms. The molecule has 4 nitrogen and oxygen atoms in total. The van der Waals surface area contributed by atoms with Gasteiger partial charge in [0.05, 0.1) is 12.1 Å². The third kappa shape index (κ3) is 4.07. The van der Waals surface area contributed by atoms with Crippen LogP contribution in [0.15, 0.2) is 41.1 Å². The predicted molar refractivity (Wildman–Crippen MR) is 73.7 cm³/mol. The molecule has 2 aromatic rings. The zero-order chi connectivity index (χ0) is 15.5. The molecule has 1 N–H and O–H groups in total. The summed E-state index contributed by atoms with van der Waals surface area (Å²) in [5.41, 5.74) is -0.909. The minimum absolute atomic E-state index is 0.0361. The van der Waals surface area contributed by atoms with Crippen LogP contribution in [0.5, 0.6) is 0 Å². The fourth-order valence-corrected chi connectivity index (χ4v) is 2.17. The highest BCUT2D eigenvalue weighted by Crippen LogP contribution is 2.35. The summed E-state index contributed by atoms with van der Waals surface area (Å²) < 4.78 is 39.8. The smallest absolute Gasteiger partial charge is 0.350 e. The summed E-state index contributed by atoms with van der Waals surface area (Å²) in [6.07, 6.45) is -1.18.